The van der Waals surface area contributed by atoms with Crippen molar-refractivity contribution in [3.63, 3.8) is 0 Å². The molecule has 0 bridgehead atoms. The zero-order valence-electron chi connectivity index (χ0n) is 10.7. The highest BCUT2D eigenvalue weighted by molar-refractivity contribution is 5.71. The van der Waals surface area contributed by atoms with Gasteiger partial charge < -0.3 is 14.6 Å². The second kappa shape index (κ2) is 6.35. The molecule has 0 saturated heterocycles. The number of hydrogen-bond acceptors (Lipinski definition) is 4. The summed E-state index contributed by atoms with van der Waals surface area (Å²) in [7, 11) is 0. The van der Waals surface area contributed by atoms with E-state index in [2.05, 4.69) is 4.74 Å². The Morgan fingerprint density at radius 1 is 1.44 bits per heavy atom. The van der Waals surface area contributed by atoms with Crippen LogP contribution in [0.25, 0.3) is 0 Å². The number of aliphatic hydroxyl groups excluding tert-OH is 1. The van der Waals surface area contributed by atoms with E-state index in [1.807, 2.05) is 0 Å². The predicted molar refractivity (Wildman–Crippen MR) is 63.9 cm³/mol. The van der Waals surface area contributed by atoms with Gasteiger partial charge in [0.25, 0.3) is 0 Å². The van der Waals surface area contributed by atoms with Gasteiger partial charge in [0.05, 0.1) is 13.2 Å². The van der Waals surface area contributed by atoms with E-state index in [0.29, 0.717) is 11.1 Å². The van der Waals surface area contributed by atoms with Crippen molar-refractivity contribution in [1.29, 1.82) is 0 Å². The number of ether oxygens (including phenoxy) is 2. The Balaban J connectivity index is 2.88. The molecule has 0 aromatic heterocycles. The fourth-order valence-electron chi connectivity index (χ4n) is 1.65. The van der Waals surface area contributed by atoms with Crippen molar-refractivity contribution in [3.8, 4) is 5.75 Å². The van der Waals surface area contributed by atoms with E-state index in [1.165, 1.54) is 6.07 Å². The molecule has 0 aliphatic carbocycles. The Hall–Kier alpha value is -1.62. The van der Waals surface area contributed by atoms with Crippen LogP contribution in [0.15, 0.2) is 6.07 Å². The molecule has 0 fully saturated rings. The molecule has 0 unspecified atom stereocenters. The van der Waals surface area contributed by atoms with Crippen molar-refractivity contribution in [2.45, 2.75) is 27.4 Å². The summed E-state index contributed by atoms with van der Waals surface area (Å²) in [4.78, 5) is 11.1. The van der Waals surface area contributed by atoms with Gasteiger partial charge in [0.15, 0.2) is 18.2 Å². The second-order valence-electron chi connectivity index (χ2n) is 3.86. The largest absolute Gasteiger partial charge is 0.479 e. The van der Waals surface area contributed by atoms with Gasteiger partial charge in [-0.1, -0.05) is 0 Å². The lowest BCUT2D eigenvalue weighted by Crippen LogP contribution is -2.15. The first-order valence-corrected chi connectivity index (χ1v) is 5.69. The fraction of sp³-hybridized carbons (Fsp3) is 0.462. The molecule has 0 atom stereocenters. The average molecular weight is 256 g/mol. The highest BCUT2D eigenvalue weighted by Crippen LogP contribution is 2.26. The molecule has 0 spiro atoms. The van der Waals surface area contributed by atoms with Crippen LogP contribution in [-0.2, 0) is 16.1 Å². The van der Waals surface area contributed by atoms with E-state index >= 15 is 0 Å². The van der Waals surface area contributed by atoms with Crippen LogP contribution in [0.4, 0.5) is 4.39 Å². The summed E-state index contributed by atoms with van der Waals surface area (Å²) < 4.78 is 23.6. The quantitative estimate of drug-likeness (QED) is 0.817. The summed E-state index contributed by atoms with van der Waals surface area (Å²) in [5, 5.41) is 9.12. The number of halogens is 1. The molecule has 1 rings (SSSR count). The molecular weight excluding hydrogens is 239 g/mol. The van der Waals surface area contributed by atoms with Crippen LogP contribution in [0.3, 0.4) is 0 Å². The molecule has 1 aromatic carbocycles. The van der Waals surface area contributed by atoms with Gasteiger partial charge in [-0.05, 0) is 43.5 Å². The highest BCUT2D eigenvalue weighted by Gasteiger charge is 2.14. The van der Waals surface area contributed by atoms with E-state index < -0.39 is 11.8 Å². The Labute approximate surface area is 105 Å². The first-order valence-electron chi connectivity index (χ1n) is 5.69. The minimum Gasteiger partial charge on any atom is -0.479 e. The van der Waals surface area contributed by atoms with Crippen LogP contribution in [0.5, 0.6) is 5.75 Å². The Kier molecular flexibility index (Phi) is 5.09. The summed E-state index contributed by atoms with van der Waals surface area (Å²) in [5.41, 5.74) is 1.59. The lowest BCUT2D eigenvalue weighted by atomic mass is 10.0. The zero-order valence-corrected chi connectivity index (χ0v) is 10.7. The van der Waals surface area contributed by atoms with Crippen LogP contribution < -0.4 is 4.74 Å². The van der Waals surface area contributed by atoms with Gasteiger partial charge in [0.2, 0.25) is 0 Å². The van der Waals surface area contributed by atoms with Gasteiger partial charge in [0.1, 0.15) is 0 Å². The third-order valence-corrected chi connectivity index (χ3v) is 2.63. The van der Waals surface area contributed by atoms with Gasteiger partial charge in [-0.15, -0.1) is 0 Å². The smallest absolute Gasteiger partial charge is 0.344 e. The third-order valence-electron chi connectivity index (χ3n) is 2.63. The summed E-state index contributed by atoms with van der Waals surface area (Å²) >= 11 is 0. The van der Waals surface area contributed by atoms with Gasteiger partial charge in [-0.25, -0.2) is 9.18 Å². The number of carbonyl (C=O) groups excluding carboxylic acids is 1. The molecule has 5 heteroatoms. The topological polar surface area (TPSA) is 55.8 Å². The maximum Gasteiger partial charge on any atom is 0.344 e. The number of esters is 1. The average Bonchev–Trinajstić information content (AvgIpc) is 2.33. The number of aliphatic hydroxyl groups is 1. The van der Waals surface area contributed by atoms with Crippen LogP contribution >= 0.6 is 0 Å². The van der Waals surface area contributed by atoms with Crippen molar-refractivity contribution in [2.75, 3.05) is 13.2 Å². The first kappa shape index (κ1) is 14.4. The monoisotopic (exact) mass is 256 g/mol. The number of aryl methyl sites for hydroxylation is 1. The standard InChI is InChI=1S/C13H17FO4/c1-4-17-12(16)7-18-11-5-8(2)10(6-15)9(3)13(11)14/h5,15H,4,6-7H2,1-3H3. The lowest BCUT2D eigenvalue weighted by Gasteiger charge is -2.13. The summed E-state index contributed by atoms with van der Waals surface area (Å²) in [6.07, 6.45) is 0. The summed E-state index contributed by atoms with van der Waals surface area (Å²) in [5.74, 6) is -1.11. The third kappa shape index (κ3) is 3.20. The lowest BCUT2D eigenvalue weighted by molar-refractivity contribution is -0.145. The molecule has 0 heterocycles. The summed E-state index contributed by atoms with van der Waals surface area (Å²) in [6, 6.07) is 1.47. The van der Waals surface area contributed by atoms with Crippen LogP contribution in [-0.4, -0.2) is 24.3 Å². The van der Waals surface area contributed by atoms with E-state index in [9.17, 15) is 9.18 Å². The van der Waals surface area contributed by atoms with E-state index in [1.54, 1.807) is 20.8 Å². The Bertz CT molecular complexity index is 443. The maximum atomic E-state index is 13.9. The molecule has 1 N–H and O–H groups in total. The van der Waals surface area contributed by atoms with Gasteiger partial charge in [-0.2, -0.15) is 0 Å². The first-order chi connectivity index (χ1) is 8.51. The maximum absolute atomic E-state index is 13.9. The van der Waals surface area contributed by atoms with Gasteiger partial charge >= 0.3 is 5.97 Å². The zero-order chi connectivity index (χ0) is 13.7. The molecule has 0 aliphatic heterocycles. The van der Waals surface area contributed by atoms with Crippen molar-refractivity contribution in [3.05, 3.63) is 28.6 Å². The molecule has 0 saturated carbocycles. The van der Waals surface area contributed by atoms with E-state index in [4.69, 9.17) is 9.84 Å². The van der Waals surface area contributed by atoms with Crippen molar-refractivity contribution in [2.24, 2.45) is 0 Å². The number of benzene rings is 1. The van der Waals surface area contributed by atoms with Crippen LogP contribution in [0, 0.1) is 19.7 Å². The number of hydrogen-bond donors (Lipinski definition) is 1. The van der Waals surface area contributed by atoms with Crippen LogP contribution in [0.1, 0.15) is 23.6 Å². The predicted octanol–water partition coefficient (Wildman–Crippen LogP) is 1.88. The molecule has 0 aliphatic rings. The minimum absolute atomic E-state index is 0.00440. The molecule has 100 valence electrons. The summed E-state index contributed by atoms with van der Waals surface area (Å²) in [6.45, 7) is 4.68. The van der Waals surface area contributed by atoms with Crippen molar-refractivity contribution < 1.29 is 23.8 Å². The highest BCUT2D eigenvalue weighted by atomic mass is 19.1. The van der Waals surface area contributed by atoms with Crippen molar-refractivity contribution in [1.82, 2.24) is 0 Å². The van der Waals surface area contributed by atoms with Crippen LogP contribution in [0.2, 0.25) is 0 Å². The molecule has 4 nitrogen and oxygen atoms in total. The van der Waals surface area contributed by atoms with E-state index in [-0.39, 0.29) is 25.6 Å². The fourth-order valence-corrected chi connectivity index (χ4v) is 1.65. The van der Waals surface area contributed by atoms with Crippen molar-refractivity contribution >= 4 is 5.97 Å². The molecule has 0 radical (unpaired) electrons. The molecule has 18 heavy (non-hydrogen) atoms. The Morgan fingerprint density at radius 3 is 2.67 bits per heavy atom. The second-order valence-corrected chi connectivity index (χ2v) is 3.86. The molecule has 1 aromatic rings. The molecular formula is C13H17FO4. The SMILES string of the molecule is CCOC(=O)COc1cc(C)c(CO)c(C)c1F. The Morgan fingerprint density at radius 2 is 2.11 bits per heavy atom. The van der Waals surface area contributed by atoms with E-state index in [0.717, 1.165) is 5.56 Å². The number of carbonyl (C=O) groups is 1. The van der Waals surface area contributed by atoms with Gasteiger partial charge in [-0.3, -0.25) is 0 Å². The molecule has 0 amide bonds. The van der Waals surface area contributed by atoms with Gasteiger partial charge in [0, 0.05) is 0 Å². The number of rotatable bonds is 5. The normalized spacial score (nSPS) is 10.3. The minimum atomic E-state index is -0.561.